The van der Waals surface area contributed by atoms with Gasteiger partial charge in [-0.15, -0.1) is 0 Å². The normalized spacial score (nSPS) is 28.5. The molecule has 17 heavy (non-hydrogen) atoms. The highest BCUT2D eigenvalue weighted by Crippen LogP contribution is 2.27. The first kappa shape index (κ1) is 12.0. The van der Waals surface area contributed by atoms with Crippen LogP contribution < -0.4 is 11.4 Å². The van der Waals surface area contributed by atoms with E-state index in [0.29, 0.717) is 0 Å². The first-order valence-corrected chi connectivity index (χ1v) is 5.01. The molecule has 0 saturated carbocycles. The van der Waals surface area contributed by atoms with Crippen molar-refractivity contribution in [1.29, 1.82) is 0 Å². The number of nitrogens with zero attached hydrogens (tertiary/aromatic N) is 2. The van der Waals surface area contributed by atoms with E-state index in [2.05, 4.69) is 4.98 Å². The van der Waals surface area contributed by atoms with Crippen LogP contribution in [0.3, 0.4) is 0 Å². The minimum absolute atomic E-state index is 0.166. The number of anilines is 1. The van der Waals surface area contributed by atoms with E-state index in [1.165, 1.54) is 0 Å². The van der Waals surface area contributed by atoms with Crippen LogP contribution in [0.2, 0.25) is 0 Å². The van der Waals surface area contributed by atoms with Crippen LogP contribution in [-0.2, 0) is 4.74 Å². The van der Waals surface area contributed by atoms with Gasteiger partial charge < -0.3 is 20.7 Å². The molecule has 0 amide bonds. The van der Waals surface area contributed by atoms with E-state index in [9.17, 15) is 14.3 Å². The molecule has 4 N–H and O–H groups in total. The summed E-state index contributed by atoms with van der Waals surface area (Å²) in [5, 5.41) is 18.5. The summed E-state index contributed by atoms with van der Waals surface area (Å²) in [5.41, 5.74) is 4.32. The highest BCUT2D eigenvalue weighted by atomic mass is 19.1. The number of aromatic nitrogens is 2. The number of hydrogen-bond acceptors (Lipinski definition) is 6. The van der Waals surface area contributed by atoms with Gasteiger partial charge in [0.05, 0.1) is 18.9 Å². The zero-order chi connectivity index (χ0) is 12.6. The monoisotopic (exact) mass is 245 g/mol. The second-order valence-corrected chi connectivity index (χ2v) is 3.80. The second kappa shape index (κ2) is 4.40. The summed E-state index contributed by atoms with van der Waals surface area (Å²) in [7, 11) is 0. The highest BCUT2D eigenvalue weighted by Gasteiger charge is 2.35. The summed E-state index contributed by atoms with van der Waals surface area (Å²) < 4.78 is 19.2. The second-order valence-electron chi connectivity index (χ2n) is 3.80. The molecule has 1 aliphatic heterocycles. The van der Waals surface area contributed by atoms with E-state index in [4.69, 9.17) is 15.6 Å². The number of aliphatic hydroxyl groups is 2. The zero-order valence-electron chi connectivity index (χ0n) is 8.78. The minimum atomic E-state index is -1.05. The maximum Gasteiger partial charge on any atom is 0.351 e. The first-order chi connectivity index (χ1) is 8.02. The van der Waals surface area contributed by atoms with E-state index in [0.717, 1.165) is 10.8 Å². The summed E-state index contributed by atoms with van der Waals surface area (Å²) in [6.07, 6.45) is -1.64. The van der Waals surface area contributed by atoms with Gasteiger partial charge in [0.25, 0.3) is 0 Å². The lowest BCUT2D eigenvalue weighted by Crippen LogP contribution is -2.32. The van der Waals surface area contributed by atoms with Gasteiger partial charge in [0.1, 0.15) is 6.10 Å². The van der Waals surface area contributed by atoms with Gasteiger partial charge in [-0.1, -0.05) is 0 Å². The molecule has 1 aromatic rings. The van der Waals surface area contributed by atoms with Gasteiger partial charge in [-0.3, -0.25) is 4.57 Å². The van der Waals surface area contributed by atoms with Gasteiger partial charge >= 0.3 is 5.69 Å². The topological polar surface area (TPSA) is 111 Å². The van der Waals surface area contributed by atoms with Crippen molar-refractivity contribution in [3.05, 3.63) is 22.5 Å². The Morgan fingerprint density at radius 3 is 3.00 bits per heavy atom. The van der Waals surface area contributed by atoms with Crippen molar-refractivity contribution in [2.24, 2.45) is 0 Å². The number of halogens is 1. The molecular weight excluding hydrogens is 233 g/mol. The van der Waals surface area contributed by atoms with E-state index >= 15 is 0 Å². The standard InChI is InChI=1S/C9H12FN3O4/c10-5-2-13(9(16)12-7(5)11)8-6(15)1-4(3-14)17-8/h2,4,6,8,14-15H,1,3H2,(H2,11,12,16)/t4-,6-,8+/m0/s1. The third-order valence-electron chi connectivity index (χ3n) is 2.58. The fourth-order valence-corrected chi connectivity index (χ4v) is 1.74. The first-order valence-electron chi connectivity index (χ1n) is 5.01. The van der Waals surface area contributed by atoms with Gasteiger partial charge in [-0.25, -0.2) is 9.18 Å². The number of rotatable bonds is 2. The molecule has 3 atom stereocenters. The molecule has 2 rings (SSSR count). The number of nitrogen functional groups attached to an aromatic ring is 1. The van der Waals surface area contributed by atoms with Crippen LogP contribution in [0.15, 0.2) is 11.0 Å². The third-order valence-corrected chi connectivity index (χ3v) is 2.58. The summed E-state index contributed by atoms with van der Waals surface area (Å²) in [6.45, 7) is -0.285. The van der Waals surface area contributed by atoms with Crippen LogP contribution in [0.1, 0.15) is 12.6 Å². The molecule has 1 fully saturated rings. The van der Waals surface area contributed by atoms with Crippen LogP contribution >= 0.6 is 0 Å². The van der Waals surface area contributed by atoms with Crippen molar-refractivity contribution in [1.82, 2.24) is 9.55 Å². The van der Waals surface area contributed by atoms with Crippen LogP contribution in [0.4, 0.5) is 10.2 Å². The summed E-state index contributed by atoms with van der Waals surface area (Å²) in [4.78, 5) is 14.7. The molecule has 7 nitrogen and oxygen atoms in total. The summed E-state index contributed by atoms with van der Waals surface area (Å²) >= 11 is 0. The number of aliphatic hydroxyl groups excluding tert-OH is 2. The zero-order valence-corrected chi connectivity index (χ0v) is 8.78. The minimum Gasteiger partial charge on any atom is -0.394 e. The molecule has 0 spiro atoms. The Kier molecular flexibility index (Phi) is 3.09. The van der Waals surface area contributed by atoms with Crippen molar-refractivity contribution >= 4 is 5.82 Å². The molecular formula is C9H12FN3O4. The quantitative estimate of drug-likeness (QED) is 0.591. The van der Waals surface area contributed by atoms with Crippen molar-refractivity contribution in [2.75, 3.05) is 12.3 Å². The average Bonchev–Trinajstić information content (AvgIpc) is 2.65. The Hall–Kier alpha value is -1.51. The third kappa shape index (κ3) is 2.14. The van der Waals surface area contributed by atoms with E-state index in [1.807, 2.05) is 0 Å². The lowest BCUT2D eigenvalue weighted by Gasteiger charge is -2.17. The molecule has 1 aromatic heterocycles. The van der Waals surface area contributed by atoms with Gasteiger partial charge in [-0.05, 0) is 0 Å². The van der Waals surface area contributed by atoms with Gasteiger partial charge in [0.2, 0.25) is 0 Å². The van der Waals surface area contributed by atoms with Crippen molar-refractivity contribution in [3.63, 3.8) is 0 Å². The molecule has 1 aliphatic rings. The van der Waals surface area contributed by atoms with Crippen LogP contribution in [0.25, 0.3) is 0 Å². The smallest absolute Gasteiger partial charge is 0.351 e. The summed E-state index contributed by atoms with van der Waals surface area (Å²) in [5.74, 6) is -1.37. The molecule has 94 valence electrons. The molecule has 1 saturated heterocycles. The van der Waals surface area contributed by atoms with Crippen LogP contribution in [0, 0.1) is 5.82 Å². The number of hydrogen-bond donors (Lipinski definition) is 3. The molecule has 0 unspecified atom stereocenters. The van der Waals surface area contributed by atoms with Gasteiger partial charge in [0, 0.05) is 6.42 Å². The predicted octanol–water partition coefficient (Wildman–Crippen LogP) is -1.39. The van der Waals surface area contributed by atoms with Gasteiger partial charge in [-0.2, -0.15) is 4.98 Å². The van der Waals surface area contributed by atoms with Crippen molar-refractivity contribution in [2.45, 2.75) is 24.9 Å². The van der Waals surface area contributed by atoms with Crippen molar-refractivity contribution in [3.8, 4) is 0 Å². The lowest BCUT2D eigenvalue weighted by atomic mass is 10.2. The highest BCUT2D eigenvalue weighted by molar-refractivity contribution is 5.26. The molecule has 0 aliphatic carbocycles. The SMILES string of the molecule is Nc1nc(=O)n([C@@H]2O[C@H](CO)C[C@@H]2O)cc1F. The fourth-order valence-electron chi connectivity index (χ4n) is 1.74. The van der Waals surface area contributed by atoms with Crippen LogP contribution in [-0.4, -0.2) is 38.6 Å². The molecule has 2 heterocycles. The number of nitrogens with two attached hydrogens (primary N) is 1. The molecule has 0 aromatic carbocycles. The lowest BCUT2D eigenvalue weighted by molar-refractivity contribution is -0.0533. The Morgan fingerprint density at radius 1 is 1.71 bits per heavy atom. The van der Waals surface area contributed by atoms with E-state index < -0.39 is 35.8 Å². The Bertz CT molecular complexity index is 478. The van der Waals surface area contributed by atoms with Crippen molar-refractivity contribution < 1.29 is 19.3 Å². The molecule has 0 radical (unpaired) electrons. The Morgan fingerprint density at radius 2 is 2.41 bits per heavy atom. The fraction of sp³-hybridized carbons (Fsp3) is 0.556. The maximum absolute atomic E-state index is 13.2. The number of ether oxygens (including phenoxy) is 1. The largest absolute Gasteiger partial charge is 0.394 e. The van der Waals surface area contributed by atoms with E-state index in [1.54, 1.807) is 0 Å². The Balaban J connectivity index is 2.35. The van der Waals surface area contributed by atoms with Crippen LogP contribution in [0.5, 0.6) is 0 Å². The summed E-state index contributed by atoms with van der Waals surface area (Å²) in [6, 6.07) is 0. The predicted molar refractivity (Wildman–Crippen MR) is 54.5 cm³/mol. The van der Waals surface area contributed by atoms with Gasteiger partial charge in [0.15, 0.2) is 17.9 Å². The van der Waals surface area contributed by atoms with E-state index in [-0.39, 0.29) is 13.0 Å². The maximum atomic E-state index is 13.2. The Labute approximate surface area is 95.3 Å². The molecule has 8 heteroatoms. The average molecular weight is 245 g/mol. The molecule has 0 bridgehead atoms.